The summed E-state index contributed by atoms with van der Waals surface area (Å²) >= 11 is 2.37. The molecule has 0 aliphatic carbocycles. The second-order valence-corrected chi connectivity index (χ2v) is 14.6. The monoisotopic (exact) mass is 706 g/mol. The van der Waals surface area contributed by atoms with Gasteiger partial charge in [-0.15, -0.1) is 0 Å². The van der Waals surface area contributed by atoms with Crippen molar-refractivity contribution in [3.63, 3.8) is 0 Å². The lowest BCUT2D eigenvalue weighted by molar-refractivity contribution is -0.115. The molecule has 0 aromatic carbocycles. The van der Waals surface area contributed by atoms with Crippen LogP contribution in [0, 0.1) is 37.6 Å². The molecule has 0 radical (unpaired) electrons. The highest BCUT2D eigenvalue weighted by molar-refractivity contribution is 7.16. The fourth-order valence-corrected chi connectivity index (χ4v) is 8.00. The zero-order valence-corrected chi connectivity index (χ0v) is 29.4. The Morgan fingerprint density at radius 2 is 1.15 bits per heavy atom. The van der Waals surface area contributed by atoms with Crippen LogP contribution in [0.3, 0.4) is 0 Å². The maximum atomic E-state index is 14.0. The number of amides is 2. The Morgan fingerprint density at radius 1 is 0.750 bits per heavy atom. The molecule has 4 aromatic rings. The number of rotatable bonds is 10. The minimum Gasteiger partial charge on any atom is -0.340 e. The van der Waals surface area contributed by atoms with E-state index in [1.54, 1.807) is 13.8 Å². The van der Waals surface area contributed by atoms with E-state index in [-0.39, 0.29) is 11.8 Å². The van der Waals surface area contributed by atoms with Crippen LogP contribution in [0.4, 0.5) is 19.0 Å². The van der Waals surface area contributed by atoms with Gasteiger partial charge in [-0.2, -0.15) is 28.7 Å². The van der Waals surface area contributed by atoms with E-state index in [4.69, 9.17) is 9.05 Å². The van der Waals surface area contributed by atoms with Crippen molar-refractivity contribution in [1.82, 2.24) is 40.0 Å². The van der Waals surface area contributed by atoms with Crippen molar-refractivity contribution in [2.45, 2.75) is 92.4 Å². The maximum absolute atomic E-state index is 14.0. The normalized spacial score (nSPS) is 21.3. The van der Waals surface area contributed by atoms with Crippen LogP contribution in [0.2, 0.25) is 0 Å². The molecule has 0 unspecified atom stereocenters. The van der Waals surface area contributed by atoms with Gasteiger partial charge in [-0.1, -0.05) is 33.0 Å². The van der Waals surface area contributed by atoms with E-state index in [0.717, 1.165) is 50.4 Å². The number of thiazole rings is 2. The van der Waals surface area contributed by atoms with Crippen molar-refractivity contribution in [3.8, 4) is 0 Å². The van der Waals surface area contributed by atoms with Crippen LogP contribution >= 0.6 is 22.7 Å². The quantitative estimate of drug-likeness (QED) is 0.232. The Morgan fingerprint density at radius 3 is 1.48 bits per heavy atom. The van der Waals surface area contributed by atoms with E-state index in [1.165, 1.54) is 36.5 Å². The molecule has 48 heavy (non-hydrogen) atoms. The van der Waals surface area contributed by atoms with Crippen LogP contribution in [0.1, 0.15) is 73.7 Å². The van der Waals surface area contributed by atoms with Gasteiger partial charge in [0.1, 0.15) is 0 Å². The molecule has 0 spiro atoms. The zero-order chi connectivity index (χ0) is 34.5. The number of hydrogen-bond acceptors (Lipinski definition) is 14. The molecule has 2 N–H and O–H groups in total. The number of nitrogens with one attached hydrogen (secondary N) is 2. The molecule has 2 aliphatic heterocycles. The Balaban J connectivity index is 0.000000188. The minimum absolute atomic E-state index is 0.250. The van der Waals surface area contributed by atoms with Gasteiger partial charge >= 0.3 is 0 Å². The molecule has 4 atom stereocenters. The number of likely N-dealkylation sites (tertiary alicyclic amines) is 2. The van der Waals surface area contributed by atoms with Gasteiger partial charge < -0.3 is 19.7 Å². The second-order valence-electron chi connectivity index (χ2n) is 12.5. The van der Waals surface area contributed by atoms with E-state index >= 15 is 0 Å². The number of anilines is 2. The van der Waals surface area contributed by atoms with Gasteiger partial charge in [-0.3, -0.25) is 19.4 Å². The van der Waals surface area contributed by atoms with Crippen LogP contribution in [-0.4, -0.2) is 77.0 Å². The predicted molar refractivity (Wildman–Crippen MR) is 174 cm³/mol. The minimum atomic E-state index is -0.506. The van der Waals surface area contributed by atoms with Crippen molar-refractivity contribution in [2.75, 3.05) is 23.7 Å². The van der Waals surface area contributed by atoms with E-state index in [9.17, 15) is 18.4 Å². The summed E-state index contributed by atoms with van der Waals surface area (Å²) in [7, 11) is 0. The summed E-state index contributed by atoms with van der Waals surface area (Å²) < 4.78 is 38.0. The molecule has 6 heterocycles. The average Bonchev–Trinajstić information content (AvgIpc) is 3.84. The second kappa shape index (κ2) is 15.7. The third-order valence-corrected chi connectivity index (χ3v) is 10.1. The van der Waals surface area contributed by atoms with Crippen LogP contribution in [-0.2, 0) is 35.5 Å². The standard InChI is InChI=1S/2C15H20FN5O2S/c2*1-8-4-11(5-13-18-10(3)23-20-13)6-21(8)7-12-14(16)19-15(24-12)17-9(2)22/h2*8,11H,4-7H2,1-3H3,(H,17,19,22)/t8-,11+;8-,11-/m00/s1. The molecule has 2 saturated heterocycles. The first-order chi connectivity index (χ1) is 22.8. The Kier molecular flexibility index (Phi) is 11.6. The Bertz CT molecular complexity index is 1590. The summed E-state index contributed by atoms with van der Waals surface area (Å²) in [6, 6.07) is 0.683. The molecule has 2 aliphatic rings. The van der Waals surface area contributed by atoms with Crippen LogP contribution in [0.5, 0.6) is 0 Å². The number of carbonyl (C=O) groups is 2. The lowest BCUT2D eigenvalue weighted by atomic mass is 10.0. The third-order valence-electron chi connectivity index (χ3n) is 8.22. The molecule has 6 rings (SSSR count). The van der Waals surface area contributed by atoms with Gasteiger partial charge in [0.25, 0.3) is 0 Å². The zero-order valence-electron chi connectivity index (χ0n) is 27.7. The first-order valence-corrected chi connectivity index (χ1v) is 17.4. The van der Waals surface area contributed by atoms with E-state index in [1.807, 2.05) is 0 Å². The number of hydrogen-bond donors (Lipinski definition) is 2. The molecular formula is C30H40F2N10O4S2. The highest BCUT2D eigenvalue weighted by Gasteiger charge is 2.32. The molecule has 14 nitrogen and oxygen atoms in total. The van der Waals surface area contributed by atoms with E-state index in [0.29, 0.717) is 68.8 Å². The largest absolute Gasteiger partial charge is 0.340 e. The molecule has 2 amide bonds. The van der Waals surface area contributed by atoms with Gasteiger partial charge in [-0.25, -0.2) is 0 Å². The SMILES string of the molecule is CC(=O)Nc1nc(F)c(CN2C[C@@H](Cc3noc(C)n3)C[C@@H]2C)s1.CC(=O)Nc1nc(F)c(CN2C[C@H](Cc3noc(C)n3)C[C@@H]2C)s1. The summed E-state index contributed by atoms with van der Waals surface area (Å²) in [5.74, 6) is 1.93. The highest BCUT2D eigenvalue weighted by atomic mass is 32.1. The lowest BCUT2D eigenvalue weighted by Crippen LogP contribution is -2.26. The molecule has 260 valence electrons. The number of aromatic nitrogens is 6. The van der Waals surface area contributed by atoms with Crippen molar-refractivity contribution in [2.24, 2.45) is 11.8 Å². The summed E-state index contributed by atoms with van der Waals surface area (Å²) in [6.45, 7) is 13.3. The number of halogens is 2. The topological polar surface area (TPSA) is 168 Å². The number of aryl methyl sites for hydroxylation is 2. The van der Waals surface area contributed by atoms with E-state index in [2.05, 4.69) is 64.5 Å². The van der Waals surface area contributed by atoms with Gasteiger partial charge in [0.2, 0.25) is 35.5 Å². The molecular weight excluding hydrogens is 667 g/mol. The molecule has 0 saturated carbocycles. The fourth-order valence-electron chi connectivity index (χ4n) is 6.17. The maximum Gasteiger partial charge on any atom is 0.230 e. The van der Waals surface area contributed by atoms with Gasteiger partial charge in [0.05, 0.1) is 9.75 Å². The first kappa shape index (κ1) is 35.6. The molecule has 0 bridgehead atoms. The van der Waals surface area contributed by atoms with Crippen LogP contribution in [0.15, 0.2) is 9.05 Å². The predicted octanol–water partition coefficient (Wildman–Crippen LogP) is 4.77. The van der Waals surface area contributed by atoms with Crippen molar-refractivity contribution < 1.29 is 27.4 Å². The molecule has 4 aromatic heterocycles. The number of carbonyl (C=O) groups excluding carboxylic acids is 2. The smallest absolute Gasteiger partial charge is 0.230 e. The van der Waals surface area contributed by atoms with Crippen molar-refractivity contribution in [1.29, 1.82) is 0 Å². The van der Waals surface area contributed by atoms with Crippen molar-refractivity contribution in [3.05, 3.63) is 45.1 Å². The fraction of sp³-hybridized carbons (Fsp3) is 0.600. The van der Waals surface area contributed by atoms with Gasteiger partial charge in [0, 0.05) is 78.8 Å². The molecule has 18 heteroatoms. The summed E-state index contributed by atoms with van der Waals surface area (Å²) in [5, 5.41) is 13.6. The first-order valence-electron chi connectivity index (χ1n) is 15.7. The average molecular weight is 707 g/mol. The summed E-state index contributed by atoms with van der Waals surface area (Å²) in [6.07, 6.45) is 3.54. The van der Waals surface area contributed by atoms with Crippen LogP contribution in [0.25, 0.3) is 0 Å². The van der Waals surface area contributed by atoms with E-state index < -0.39 is 11.9 Å². The van der Waals surface area contributed by atoms with Gasteiger partial charge in [0.15, 0.2) is 21.9 Å². The highest BCUT2D eigenvalue weighted by Crippen LogP contribution is 2.32. The summed E-state index contributed by atoms with van der Waals surface area (Å²) in [5.41, 5.74) is 0. The third kappa shape index (κ3) is 9.67. The van der Waals surface area contributed by atoms with Crippen LogP contribution < -0.4 is 10.6 Å². The lowest BCUT2D eigenvalue weighted by Gasteiger charge is -2.19. The van der Waals surface area contributed by atoms with Crippen molar-refractivity contribution >= 4 is 44.8 Å². The summed E-state index contributed by atoms with van der Waals surface area (Å²) in [4.78, 5) is 43.7. The molecule has 2 fully saturated rings. The number of nitrogens with zero attached hydrogens (tertiary/aromatic N) is 8. The Hall–Kier alpha value is -3.74. The Labute approximate surface area is 284 Å². The van der Waals surface area contributed by atoms with Gasteiger partial charge in [-0.05, 0) is 38.5 Å².